The van der Waals surface area contributed by atoms with Crippen molar-refractivity contribution in [1.82, 2.24) is 5.32 Å². The molecule has 0 spiro atoms. The van der Waals surface area contributed by atoms with Gasteiger partial charge in [0, 0.05) is 19.8 Å². The Hall–Kier alpha value is -2.17. The molecule has 0 aromatic heterocycles. The van der Waals surface area contributed by atoms with Gasteiger partial charge in [0.25, 0.3) is 0 Å². The van der Waals surface area contributed by atoms with Crippen LogP contribution in [0.4, 0.5) is 0 Å². The molecule has 0 saturated carbocycles. The highest BCUT2D eigenvalue weighted by Gasteiger charge is 2.41. The minimum Gasteiger partial charge on any atom is -0.381 e. The molecule has 1 N–H and O–H groups in total. The van der Waals surface area contributed by atoms with Crippen molar-refractivity contribution in [2.45, 2.75) is 52.0 Å². The lowest BCUT2D eigenvalue weighted by atomic mass is 9.74. The van der Waals surface area contributed by atoms with Crippen molar-refractivity contribution < 1.29 is 14.3 Å². The molecule has 2 fully saturated rings. The summed E-state index contributed by atoms with van der Waals surface area (Å²) in [5.41, 5.74) is 5.83. The molecule has 2 heterocycles. The van der Waals surface area contributed by atoms with Crippen LogP contribution in [0.15, 0.2) is 42.5 Å². The highest BCUT2D eigenvalue weighted by molar-refractivity contribution is 5.83. The van der Waals surface area contributed by atoms with Gasteiger partial charge < -0.3 is 14.8 Å². The van der Waals surface area contributed by atoms with Gasteiger partial charge in [-0.05, 0) is 62.6 Å². The van der Waals surface area contributed by atoms with Crippen LogP contribution in [0.2, 0.25) is 0 Å². The van der Waals surface area contributed by atoms with Crippen LogP contribution >= 0.6 is 0 Å². The third-order valence-electron chi connectivity index (χ3n) is 6.48. The summed E-state index contributed by atoms with van der Waals surface area (Å²) in [4.78, 5) is 13.3. The van der Waals surface area contributed by atoms with Crippen molar-refractivity contribution in [2.24, 2.45) is 5.41 Å². The van der Waals surface area contributed by atoms with Gasteiger partial charge in [0.15, 0.2) is 0 Å². The zero-order valence-corrected chi connectivity index (χ0v) is 18.2. The highest BCUT2D eigenvalue weighted by atomic mass is 16.5. The Kier molecular flexibility index (Phi) is 6.55. The SMILES string of the molecule is Cc1cc(C)cc(-c2ccc(CC3(C(=O)NC4CCCOC4)CCOCC3)cc2)c1. The van der Waals surface area contributed by atoms with Gasteiger partial charge in [-0.3, -0.25) is 4.79 Å². The maximum atomic E-state index is 13.3. The molecule has 1 atom stereocenters. The van der Waals surface area contributed by atoms with Gasteiger partial charge in [-0.25, -0.2) is 0 Å². The molecule has 4 nitrogen and oxygen atoms in total. The van der Waals surface area contributed by atoms with Gasteiger partial charge in [0.2, 0.25) is 5.91 Å². The van der Waals surface area contributed by atoms with Crippen LogP contribution in [0.3, 0.4) is 0 Å². The monoisotopic (exact) mass is 407 g/mol. The molecule has 0 bridgehead atoms. The van der Waals surface area contributed by atoms with E-state index in [9.17, 15) is 4.79 Å². The predicted octanol–water partition coefficient (Wildman–Crippen LogP) is 4.60. The summed E-state index contributed by atoms with van der Waals surface area (Å²) >= 11 is 0. The molecule has 1 unspecified atom stereocenters. The van der Waals surface area contributed by atoms with Crippen molar-refractivity contribution in [3.05, 3.63) is 59.2 Å². The number of ether oxygens (including phenoxy) is 2. The van der Waals surface area contributed by atoms with E-state index in [1.54, 1.807) is 0 Å². The largest absolute Gasteiger partial charge is 0.381 e. The van der Waals surface area contributed by atoms with Crippen LogP contribution in [-0.4, -0.2) is 38.4 Å². The summed E-state index contributed by atoms with van der Waals surface area (Å²) in [6.45, 7) is 7.00. The van der Waals surface area contributed by atoms with Crippen LogP contribution in [0.1, 0.15) is 42.4 Å². The first-order chi connectivity index (χ1) is 14.5. The quantitative estimate of drug-likeness (QED) is 0.788. The van der Waals surface area contributed by atoms with E-state index in [-0.39, 0.29) is 11.9 Å². The van der Waals surface area contributed by atoms with E-state index in [0.717, 1.165) is 38.7 Å². The molecule has 160 valence electrons. The van der Waals surface area contributed by atoms with E-state index in [0.29, 0.717) is 19.8 Å². The Bertz CT molecular complexity index is 842. The molecule has 0 aliphatic carbocycles. The third-order valence-corrected chi connectivity index (χ3v) is 6.48. The molecule has 4 heteroatoms. The summed E-state index contributed by atoms with van der Waals surface area (Å²) in [6, 6.07) is 15.5. The molecule has 30 heavy (non-hydrogen) atoms. The van der Waals surface area contributed by atoms with Gasteiger partial charge in [-0.15, -0.1) is 0 Å². The Morgan fingerprint density at radius 3 is 2.30 bits per heavy atom. The van der Waals surface area contributed by atoms with Gasteiger partial charge in [0.1, 0.15) is 0 Å². The summed E-state index contributed by atoms with van der Waals surface area (Å²) in [7, 11) is 0. The summed E-state index contributed by atoms with van der Waals surface area (Å²) in [6.07, 6.45) is 4.31. The van der Waals surface area contributed by atoms with E-state index >= 15 is 0 Å². The maximum Gasteiger partial charge on any atom is 0.227 e. The Morgan fingerprint density at radius 2 is 1.67 bits per heavy atom. The first-order valence-corrected chi connectivity index (χ1v) is 11.2. The fourth-order valence-corrected chi connectivity index (χ4v) is 4.79. The second-order valence-electron chi connectivity index (χ2n) is 9.03. The number of carbonyl (C=O) groups is 1. The number of amides is 1. The van der Waals surface area contributed by atoms with Gasteiger partial charge in [0.05, 0.1) is 18.1 Å². The van der Waals surface area contributed by atoms with Crippen LogP contribution in [-0.2, 0) is 20.7 Å². The molecule has 4 rings (SSSR count). The minimum atomic E-state index is -0.392. The minimum absolute atomic E-state index is 0.137. The highest BCUT2D eigenvalue weighted by Crippen LogP contribution is 2.36. The lowest BCUT2D eigenvalue weighted by Gasteiger charge is -2.37. The number of nitrogens with one attached hydrogen (secondary N) is 1. The molecule has 0 radical (unpaired) electrons. The molecule has 2 saturated heterocycles. The topological polar surface area (TPSA) is 47.6 Å². The van der Waals surface area contributed by atoms with E-state index in [4.69, 9.17) is 9.47 Å². The Labute approximate surface area is 180 Å². The summed E-state index contributed by atoms with van der Waals surface area (Å²) in [5.74, 6) is 0.166. The number of hydrogen-bond acceptors (Lipinski definition) is 3. The standard InChI is InChI=1S/C26H33NO3/c1-19-14-20(2)16-23(15-19)22-7-5-21(6-8-22)17-26(9-12-29-13-10-26)25(28)27-24-4-3-11-30-18-24/h5-8,14-16,24H,3-4,9-13,17-18H2,1-2H3,(H,27,28). The lowest BCUT2D eigenvalue weighted by Crippen LogP contribution is -2.51. The molecule has 1 amide bonds. The smallest absolute Gasteiger partial charge is 0.227 e. The Morgan fingerprint density at radius 1 is 0.967 bits per heavy atom. The van der Waals surface area contributed by atoms with Gasteiger partial charge >= 0.3 is 0 Å². The number of hydrogen-bond donors (Lipinski definition) is 1. The Balaban J connectivity index is 1.50. The van der Waals surface area contributed by atoms with Crippen LogP contribution in [0, 0.1) is 19.3 Å². The van der Waals surface area contributed by atoms with E-state index < -0.39 is 5.41 Å². The fraction of sp³-hybridized carbons (Fsp3) is 0.500. The molecule has 2 aliphatic heterocycles. The normalized spacial score (nSPS) is 21.2. The number of aryl methyl sites for hydroxylation is 2. The van der Waals surface area contributed by atoms with Crippen LogP contribution in [0.5, 0.6) is 0 Å². The first kappa shape index (κ1) is 21.1. The van der Waals surface area contributed by atoms with Gasteiger partial charge in [-0.2, -0.15) is 0 Å². The van der Waals surface area contributed by atoms with Crippen molar-refractivity contribution in [1.29, 1.82) is 0 Å². The predicted molar refractivity (Wildman–Crippen MR) is 120 cm³/mol. The number of benzene rings is 2. The lowest BCUT2D eigenvalue weighted by molar-refractivity contribution is -0.138. The van der Waals surface area contributed by atoms with Crippen LogP contribution in [0.25, 0.3) is 11.1 Å². The molecule has 2 aliphatic rings. The van der Waals surface area contributed by atoms with E-state index in [2.05, 4.69) is 61.6 Å². The summed E-state index contributed by atoms with van der Waals surface area (Å²) in [5, 5.41) is 3.28. The average Bonchev–Trinajstić information content (AvgIpc) is 2.75. The second kappa shape index (κ2) is 9.32. The fourth-order valence-electron chi connectivity index (χ4n) is 4.79. The van der Waals surface area contributed by atoms with E-state index in [1.807, 2.05) is 0 Å². The maximum absolute atomic E-state index is 13.3. The van der Waals surface area contributed by atoms with Gasteiger partial charge in [-0.1, -0.05) is 53.6 Å². The van der Waals surface area contributed by atoms with Crippen molar-refractivity contribution in [3.8, 4) is 11.1 Å². The van der Waals surface area contributed by atoms with E-state index in [1.165, 1.54) is 27.8 Å². The molecule has 2 aromatic carbocycles. The molecular weight excluding hydrogens is 374 g/mol. The summed E-state index contributed by atoms with van der Waals surface area (Å²) < 4.78 is 11.2. The molecular formula is C26H33NO3. The van der Waals surface area contributed by atoms with Crippen molar-refractivity contribution in [3.63, 3.8) is 0 Å². The number of rotatable bonds is 5. The second-order valence-corrected chi connectivity index (χ2v) is 9.03. The zero-order valence-electron chi connectivity index (χ0n) is 18.2. The van der Waals surface area contributed by atoms with Crippen molar-refractivity contribution in [2.75, 3.05) is 26.4 Å². The number of carbonyl (C=O) groups excluding carboxylic acids is 1. The third kappa shape index (κ3) is 4.93. The molecule has 2 aromatic rings. The van der Waals surface area contributed by atoms with Crippen LogP contribution < -0.4 is 5.32 Å². The zero-order chi connectivity index (χ0) is 21.0. The average molecular weight is 408 g/mol. The first-order valence-electron chi connectivity index (χ1n) is 11.2. The van der Waals surface area contributed by atoms with Crippen molar-refractivity contribution >= 4 is 5.91 Å².